The third-order valence-corrected chi connectivity index (χ3v) is 4.45. The van der Waals surface area contributed by atoms with Gasteiger partial charge in [-0.1, -0.05) is 57.7 Å². The highest BCUT2D eigenvalue weighted by Crippen LogP contribution is 2.00. The minimum atomic E-state index is -0.858. The number of allylic oxidation sites excluding steroid dienone is 3. The van der Waals surface area contributed by atoms with Crippen LogP contribution in [0.15, 0.2) is 109 Å². The molecule has 0 aromatic carbocycles. The van der Waals surface area contributed by atoms with E-state index in [0.29, 0.717) is 16.7 Å². The fourth-order valence-corrected chi connectivity index (χ4v) is 1.54. The monoisotopic (exact) mass is 885 g/mol. The Bertz CT molecular complexity index is 1850. The van der Waals surface area contributed by atoms with Gasteiger partial charge < -0.3 is 36.9 Å². The molecule has 22 nitrogen and oxygen atoms in total. The molecule has 0 aliphatic carbocycles. The fraction of sp³-hybridized carbons (Fsp3) is 0.205. The number of nitrogens with zero attached hydrogens (tertiary/aromatic N) is 5. The first kappa shape index (κ1) is 68.2. The number of imide groups is 2. The Morgan fingerprint density at radius 1 is 0.790 bits per heavy atom. The van der Waals surface area contributed by atoms with Crippen LogP contribution in [-0.2, 0) is 47.8 Å². The quantitative estimate of drug-likeness (QED) is 0.0659. The average Bonchev–Trinajstić information content (AvgIpc) is 3.75. The van der Waals surface area contributed by atoms with Crippen LogP contribution < -0.4 is 22.5 Å². The third-order valence-electron chi connectivity index (χ3n) is 4.36. The number of nitriles is 4. The number of aliphatic hydroxyl groups excluding tert-OH is 2. The summed E-state index contributed by atoms with van der Waals surface area (Å²) in [5.41, 5.74) is 15.8. The third kappa shape index (κ3) is 58.2. The van der Waals surface area contributed by atoms with Gasteiger partial charge in [0.05, 0.1) is 31.2 Å². The molecule has 0 bridgehead atoms. The SMILES string of the molecule is C=C(C)C#N.C=C(C)C(=O)NC(N)=O.C=C(C)C(=O)OCCO.C=C(C)C(N)=O.C=C(CC#N)C(N)=O.C=C(Cl)C#N.C=CC#N.O=C1C=CC(=O)N1CO.O=C1C=CC(=O)O1. The van der Waals surface area contributed by atoms with Gasteiger partial charge in [0.25, 0.3) is 17.7 Å². The number of ether oxygens (including phenoxy) is 2. The first-order chi connectivity index (χ1) is 28.5. The van der Waals surface area contributed by atoms with Crippen molar-refractivity contribution >= 4 is 65.1 Å². The highest BCUT2D eigenvalue weighted by Gasteiger charge is 2.21. The lowest BCUT2D eigenvalue weighted by Gasteiger charge is -2.06. The summed E-state index contributed by atoms with van der Waals surface area (Å²) in [6, 6.07) is 6.02. The predicted octanol–water partition coefficient (Wildman–Crippen LogP) is 1.38. The number of urea groups is 1. The van der Waals surface area contributed by atoms with Crippen molar-refractivity contribution in [2.45, 2.75) is 34.1 Å². The lowest BCUT2D eigenvalue weighted by molar-refractivity contribution is -0.150. The first-order valence-corrected chi connectivity index (χ1v) is 16.3. The predicted molar refractivity (Wildman–Crippen MR) is 223 cm³/mol. The molecule has 0 atom stereocenters. The van der Waals surface area contributed by atoms with Crippen molar-refractivity contribution in [2.24, 2.45) is 17.2 Å². The number of esters is 3. The van der Waals surface area contributed by atoms with Crippen LogP contribution in [-0.4, -0.2) is 88.5 Å². The molecule has 9 N–H and O–H groups in total. The van der Waals surface area contributed by atoms with Gasteiger partial charge in [-0.15, -0.1) is 0 Å². The van der Waals surface area contributed by atoms with Crippen LogP contribution >= 0.6 is 11.6 Å². The van der Waals surface area contributed by atoms with Gasteiger partial charge in [-0.2, -0.15) is 21.0 Å². The molecule has 7 amide bonds. The number of carbonyl (C=O) groups is 9. The summed E-state index contributed by atoms with van der Waals surface area (Å²) in [5.74, 6) is -4.10. The summed E-state index contributed by atoms with van der Waals surface area (Å²) in [5, 5.41) is 49.3. The lowest BCUT2D eigenvalue weighted by atomic mass is 10.2. The van der Waals surface area contributed by atoms with E-state index < -0.39 is 60.2 Å². The molecule has 334 valence electrons. The number of hydrogen-bond acceptors (Lipinski definition) is 17. The molecule has 2 aliphatic rings. The number of carbonyl (C=O) groups excluding carboxylic acids is 9. The van der Waals surface area contributed by atoms with Gasteiger partial charge in [0.1, 0.15) is 24.4 Å². The van der Waals surface area contributed by atoms with Crippen LogP contribution in [0.1, 0.15) is 34.1 Å². The molecule has 2 heterocycles. The first-order valence-electron chi connectivity index (χ1n) is 15.9. The highest BCUT2D eigenvalue weighted by atomic mass is 35.5. The molecule has 0 saturated carbocycles. The number of rotatable bonds is 8. The normalized spacial score (nSPS) is 9.82. The van der Waals surface area contributed by atoms with Crippen LogP contribution in [0.5, 0.6) is 0 Å². The Labute approximate surface area is 363 Å². The molecule has 2 rings (SSSR count). The summed E-state index contributed by atoms with van der Waals surface area (Å²) in [4.78, 5) is 92.3. The average molecular weight is 886 g/mol. The summed E-state index contributed by atoms with van der Waals surface area (Å²) in [6.45, 7) is 28.3. The topological polar surface area (TPSA) is 401 Å². The lowest BCUT2D eigenvalue weighted by Crippen LogP contribution is -2.35. The molecule has 23 heteroatoms. The van der Waals surface area contributed by atoms with Crippen molar-refractivity contribution in [3.05, 3.63) is 109 Å². The molecular weight excluding hydrogens is 838 g/mol. The molecule has 0 saturated heterocycles. The highest BCUT2D eigenvalue weighted by molar-refractivity contribution is 6.31. The maximum Gasteiger partial charge on any atom is 0.338 e. The van der Waals surface area contributed by atoms with E-state index in [0.717, 1.165) is 29.2 Å². The minimum absolute atomic E-state index is 0.0231. The zero-order valence-corrected chi connectivity index (χ0v) is 35.2. The standard InChI is InChI=1S/C6H10O3.C5H8N2O2.C5H6N2O.C5H5NO3.C4H7NO.C4H5N.C4H2O3.C3H2ClN.C3H3N/c1-5(2)6(8)9-4-3-7;1-3(2)4(8)7-5(6)9;1-4(2-3-6)5(7)8;7-3-6-4(8)1-2-5(6)9;1-3(2)4(5)6;1-4(2)3-5;5-3-1-2-4(6)7-3;1-3(4)2-5;1-2-3-4/h7H,1,3-4H2,2H3;1H2,2H3,(H3,6,7,8,9);1-2H2,(H2,7,8);1-2,7H,3H2;1H2,2H3,(H2,5,6);1H2,2H3;1-2H;1H2;2H,1H2. The van der Waals surface area contributed by atoms with Crippen molar-refractivity contribution in [1.29, 1.82) is 21.0 Å². The molecule has 0 radical (unpaired) electrons. The maximum atomic E-state index is 10.5. The molecular formula is C39H48ClN9O13. The largest absolute Gasteiger partial charge is 0.460 e. The number of cyclic esters (lactones) is 2. The van der Waals surface area contributed by atoms with Crippen molar-refractivity contribution in [1.82, 2.24) is 10.2 Å². The fourth-order valence-electron chi connectivity index (χ4n) is 1.54. The van der Waals surface area contributed by atoms with E-state index in [2.05, 4.69) is 61.3 Å². The van der Waals surface area contributed by atoms with Crippen LogP contribution in [0.3, 0.4) is 0 Å². The Kier molecular flexibility index (Phi) is 49.7. The van der Waals surface area contributed by atoms with E-state index >= 15 is 0 Å². The van der Waals surface area contributed by atoms with Gasteiger partial charge in [0.2, 0.25) is 11.8 Å². The number of aliphatic hydroxyl groups is 2. The van der Waals surface area contributed by atoms with Gasteiger partial charge in [0, 0.05) is 58.2 Å². The zero-order chi connectivity index (χ0) is 50.6. The maximum absolute atomic E-state index is 10.5. The van der Waals surface area contributed by atoms with E-state index in [1.807, 2.05) is 11.4 Å². The number of hydrogen-bond donors (Lipinski definition) is 6. The van der Waals surface area contributed by atoms with Crippen molar-refractivity contribution in [2.75, 3.05) is 19.9 Å². The van der Waals surface area contributed by atoms with Gasteiger partial charge in [-0.05, 0) is 27.7 Å². The van der Waals surface area contributed by atoms with Crippen LogP contribution in [0, 0.1) is 45.3 Å². The zero-order valence-electron chi connectivity index (χ0n) is 34.4. The van der Waals surface area contributed by atoms with Crippen LogP contribution in [0.4, 0.5) is 4.79 Å². The summed E-state index contributed by atoms with van der Waals surface area (Å²) >= 11 is 4.91. The number of nitrogens with two attached hydrogens (primary N) is 3. The molecule has 0 aromatic rings. The van der Waals surface area contributed by atoms with Gasteiger partial charge in [-0.3, -0.25) is 34.2 Å². The van der Waals surface area contributed by atoms with Gasteiger partial charge >= 0.3 is 23.9 Å². The summed E-state index contributed by atoms with van der Waals surface area (Å²) in [7, 11) is 0. The van der Waals surface area contributed by atoms with E-state index in [9.17, 15) is 43.2 Å². The summed E-state index contributed by atoms with van der Waals surface area (Å²) < 4.78 is 8.44. The summed E-state index contributed by atoms with van der Waals surface area (Å²) in [6.07, 6.45) is 5.62. The van der Waals surface area contributed by atoms with E-state index in [1.54, 1.807) is 39.0 Å². The second-order valence-corrected chi connectivity index (χ2v) is 10.5. The molecule has 0 aromatic heterocycles. The Hall–Kier alpha value is -8.54. The number of halogens is 1. The Balaban J connectivity index is -0.000000111. The number of amides is 7. The minimum Gasteiger partial charge on any atom is -0.460 e. The second kappa shape index (κ2) is 45.2. The molecule has 0 unspecified atom stereocenters. The van der Waals surface area contributed by atoms with E-state index in [-0.39, 0.29) is 35.8 Å². The molecule has 0 spiro atoms. The second-order valence-electron chi connectivity index (χ2n) is 10.1. The Morgan fingerprint density at radius 2 is 1.18 bits per heavy atom. The Morgan fingerprint density at radius 3 is 1.31 bits per heavy atom. The van der Waals surface area contributed by atoms with Crippen molar-refractivity contribution < 1.29 is 62.8 Å². The molecule has 2 aliphatic heterocycles. The van der Waals surface area contributed by atoms with Crippen LogP contribution in [0.2, 0.25) is 0 Å². The van der Waals surface area contributed by atoms with Crippen LogP contribution in [0.25, 0.3) is 0 Å². The van der Waals surface area contributed by atoms with E-state index in [1.165, 1.54) is 13.0 Å². The number of primary amides is 3. The van der Waals surface area contributed by atoms with Crippen molar-refractivity contribution in [3.63, 3.8) is 0 Å². The smallest absolute Gasteiger partial charge is 0.338 e. The van der Waals surface area contributed by atoms with Crippen molar-refractivity contribution in [3.8, 4) is 24.3 Å². The number of nitrogens with one attached hydrogen (secondary N) is 1. The molecule has 62 heavy (non-hydrogen) atoms. The van der Waals surface area contributed by atoms with Gasteiger partial charge in [-0.25, -0.2) is 19.2 Å². The van der Waals surface area contributed by atoms with E-state index in [4.69, 9.17) is 54.3 Å². The van der Waals surface area contributed by atoms with Gasteiger partial charge in [0.15, 0.2) is 0 Å². The molecule has 0 fully saturated rings.